The summed E-state index contributed by atoms with van der Waals surface area (Å²) >= 11 is 0. The lowest BCUT2D eigenvalue weighted by atomic mass is 10.1. The third kappa shape index (κ3) is 3.01. The molecular weight excluding hydrogens is 200 g/mol. The highest BCUT2D eigenvalue weighted by Gasteiger charge is 2.30. The average molecular weight is 221 g/mol. The van der Waals surface area contributed by atoms with Crippen LogP contribution in [-0.4, -0.2) is 16.8 Å². The molecule has 1 unspecified atom stereocenters. The second-order valence-corrected chi connectivity index (χ2v) is 7.35. The highest BCUT2D eigenvalue weighted by atomic mass is 32.2. The van der Waals surface area contributed by atoms with E-state index in [9.17, 15) is 0 Å². The van der Waals surface area contributed by atoms with E-state index >= 15 is 0 Å². The molecule has 1 aliphatic heterocycles. The van der Waals surface area contributed by atoms with E-state index in [1.54, 1.807) is 0 Å². The lowest BCUT2D eigenvalue weighted by Crippen LogP contribution is -2.22. The van der Waals surface area contributed by atoms with Gasteiger partial charge in [-0.3, -0.25) is 0 Å². The van der Waals surface area contributed by atoms with Crippen LogP contribution in [-0.2, 0) is 17.3 Å². The smallest absolute Gasteiger partial charge is 0.0590 e. The van der Waals surface area contributed by atoms with Crippen LogP contribution in [0.3, 0.4) is 0 Å². The van der Waals surface area contributed by atoms with E-state index < -0.39 is 0 Å². The molecule has 15 heavy (non-hydrogen) atoms. The maximum atomic E-state index is 2.44. The molecule has 82 valence electrons. The van der Waals surface area contributed by atoms with Gasteiger partial charge >= 0.3 is 0 Å². The number of benzene rings is 1. The van der Waals surface area contributed by atoms with Crippen LogP contribution in [0.1, 0.15) is 30.9 Å². The Balaban J connectivity index is 1.92. The Morgan fingerprint density at radius 3 is 2.33 bits per heavy atom. The SMILES string of the molecule is Cc1ccc(CC(C)[S+]2CCCC2)cc1. The van der Waals surface area contributed by atoms with Gasteiger partial charge in [0.15, 0.2) is 0 Å². The quantitative estimate of drug-likeness (QED) is 0.687. The van der Waals surface area contributed by atoms with Gasteiger partial charge < -0.3 is 0 Å². The first kappa shape index (κ1) is 11.1. The molecular formula is C14H21S+. The predicted molar refractivity (Wildman–Crippen MR) is 70.7 cm³/mol. The predicted octanol–water partition coefficient (Wildman–Crippen LogP) is 3.34. The van der Waals surface area contributed by atoms with Crippen molar-refractivity contribution < 1.29 is 0 Å². The third-order valence-electron chi connectivity index (χ3n) is 3.28. The molecule has 0 nitrogen and oxygen atoms in total. The molecule has 0 radical (unpaired) electrons. The van der Waals surface area contributed by atoms with Crippen molar-refractivity contribution in [2.24, 2.45) is 0 Å². The fourth-order valence-corrected chi connectivity index (χ4v) is 4.84. The van der Waals surface area contributed by atoms with Crippen molar-refractivity contribution in [3.05, 3.63) is 35.4 Å². The van der Waals surface area contributed by atoms with Crippen molar-refractivity contribution in [2.45, 2.75) is 38.4 Å². The summed E-state index contributed by atoms with van der Waals surface area (Å²) in [7, 11) is 0.722. The summed E-state index contributed by atoms with van der Waals surface area (Å²) in [6, 6.07) is 9.07. The summed E-state index contributed by atoms with van der Waals surface area (Å²) in [5, 5.41) is 0.898. The Kier molecular flexibility index (Phi) is 3.74. The van der Waals surface area contributed by atoms with Crippen LogP contribution in [0.25, 0.3) is 0 Å². The Morgan fingerprint density at radius 1 is 1.13 bits per heavy atom. The van der Waals surface area contributed by atoms with Crippen molar-refractivity contribution in [3.63, 3.8) is 0 Å². The first-order valence-electron chi connectivity index (χ1n) is 5.97. The van der Waals surface area contributed by atoms with Crippen molar-refractivity contribution in [2.75, 3.05) is 11.5 Å². The lowest BCUT2D eigenvalue weighted by Gasteiger charge is -2.11. The summed E-state index contributed by atoms with van der Waals surface area (Å²) in [6.45, 7) is 4.60. The van der Waals surface area contributed by atoms with Gasteiger partial charge in [0.05, 0.1) is 0 Å². The van der Waals surface area contributed by atoms with Crippen LogP contribution in [0.5, 0.6) is 0 Å². The maximum absolute atomic E-state index is 2.44. The minimum Gasteiger partial charge on any atom is -0.0590 e. The molecule has 0 spiro atoms. The van der Waals surface area contributed by atoms with Crippen LogP contribution >= 0.6 is 0 Å². The second-order valence-electron chi connectivity index (χ2n) is 4.65. The minimum absolute atomic E-state index is 0.722. The van der Waals surface area contributed by atoms with Crippen molar-refractivity contribution in [1.29, 1.82) is 0 Å². The van der Waals surface area contributed by atoms with Crippen molar-refractivity contribution >= 4 is 10.9 Å². The van der Waals surface area contributed by atoms with E-state index in [0.29, 0.717) is 0 Å². The topological polar surface area (TPSA) is 0 Å². The Bertz CT molecular complexity index is 296. The molecule has 0 bridgehead atoms. The molecule has 1 fully saturated rings. The summed E-state index contributed by atoms with van der Waals surface area (Å²) in [6.07, 6.45) is 4.23. The largest absolute Gasteiger partial charge is 0.119 e. The van der Waals surface area contributed by atoms with E-state index in [1.807, 2.05) is 0 Å². The van der Waals surface area contributed by atoms with Crippen molar-refractivity contribution in [1.82, 2.24) is 0 Å². The second kappa shape index (κ2) is 5.07. The number of aryl methyl sites for hydroxylation is 1. The molecule has 1 heteroatoms. The van der Waals surface area contributed by atoms with Crippen LogP contribution in [0.2, 0.25) is 0 Å². The number of hydrogen-bond acceptors (Lipinski definition) is 0. The van der Waals surface area contributed by atoms with E-state index in [4.69, 9.17) is 0 Å². The Labute approximate surface area is 96.4 Å². The van der Waals surface area contributed by atoms with E-state index in [0.717, 1.165) is 16.1 Å². The van der Waals surface area contributed by atoms with Crippen LogP contribution in [0.4, 0.5) is 0 Å². The molecule has 1 saturated heterocycles. The molecule has 0 amide bonds. The normalized spacial score (nSPS) is 19.3. The lowest BCUT2D eigenvalue weighted by molar-refractivity contribution is 0.932. The fourth-order valence-electron chi connectivity index (χ4n) is 2.25. The van der Waals surface area contributed by atoms with Gasteiger partial charge in [-0.2, -0.15) is 0 Å². The Hall–Kier alpha value is -0.430. The minimum atomic E-state index is 0.722. The van der Waals surface area contributed by atoms with Crippen molar-refractivity contribution in [3.8, 4) is 0 Å². The molecule has 2 rings (SSSR count). The molecule has 0 aliphatic carbocycles. The molecule has 1 aromatic carbocycles. The van der Waals surface area contributed by atoms with Crippen LogP contribution in [0.15, 0.2) is 24.3 Å². The van der Waals surface area contributed by atoms with Gasteiger partial charge in [-0.05, 0) is 43.1 Å². The molecule has 0 aromatic heterocycles. The molecule has 1 heterocycles. The van der Waals surface area contributed by atoms with Gasteiger partial charge in [0.1, 0.15) is 16.8 Å². The summed E-state index contributed by atoms with van der Waals surface area (Å²) in [4.78, 5) is 0. The molecule has 1 aromatic rings. The zero-order valence-corrected chi connectivity index (χ0v) is 10.6. The fraction of sp³-hybridized carbons (Fsp3) is 0.571. The van der Waals surface area contributed by atoms with Gasteiger partial charge in [-0.15, -0.1) is 0 Å². The third-order valence-corrected chi connectivity index (χ3v) is 6.21. The molecule has 0 saturated carbocycles. The van der Waals surface area contributed by atoms with Gasteiger partial charge in [0.2, 0.25) is 0 Å². The number of rotatable bonds is 3. The zero-order chi connectivity index (χ0) is 10.7. The monoisotopic (exact) mass is 221 g/mol. The first-order valence-corrected chi connectivity index (χ1v) is 7.60. The first-order chi connectivity index (χ1) is 7.25. The summed E-state index contributed by atoms with van der Waals surface area (Å²) in [5.74, 6) is 2.99. The standard InChI is InChI=1S/C14H21S/c1-12-5-7-14(8-6-12)11-13(2)15-9-3-4-10-15/h5-8,13H,3-4,9-11H2,1-2H3/q+1. The number of hydrogen-bond donors (Lipinski definition) is 0. The average Bonchev–Trinajstić information content (AvgIpc) is 2.74. The summed E-state index contributed by atoms with van der Waals surface area (Å²) in [5.41, 5.74) is 2.89. The molecule has 1 atom stereocenters. The van der Waals surface area contributed by atoms with E-state index in [-0.39, 0.29) is 0 Å². The Morgan fingerprint density at radius 2 is 1.73 bits per heavy atom. The summed E-state index contributed by atoms with van der Waals surface area (Å²) < 4.78 is 0. The molecule has 0 N–H and O–H groups in total. The molecule has 1 aliphatic rings. The maximum Gasteiger partial charge on any atom is 0.119 e. The van der Waals surface area contributed by atoms with E-state index in [2.05, 4.69) is 38.1 Å². The van der Waals surface area contributed by atoms with Gasteiger partial charge in [0, 0.05) is 6.42 Å². The highest BCUT2D eigenvalue weighted by molar-refractivity contribution is 7.97. The van der Waals surface area contributed by atoms with E-state index in [1.165, 1.54) is 41.9 Å². The zero-order valence-electron chi connectivity index (χ0n) is 9.83. The van der Waals surface area contributed by atoms with Gasteiger partial charge in [0.25, 0.3) is 0 Å². The van der Waals surface area contributed by atoms with Crippen LogP contribution in [0, 0.1) is 6.92 Å². The van der Waals surface area contributed by atoms with Crippen LogP contribution < -0.4 is 0 Å². The highest BCUT2D eigenvalue weighted by Crippen LogP contribution is 2.21. The van der Waals surface area contributed by atoms with Gasteiger partial charge in [-0.1, -0.05) is 29.8 Å². The van der Waals surface area contributed by atoms with Gasteiger partial charge in [-0.25, -0.2) is 0 Å².